The highest BCUT2D eigenvalue weighted by molar-refractivity contribution is 9.10. The molecule has 5 heteroatoms. The van der Waals surface area contributed by atoms with Crippen molar-refractivity contribution in [2.45, 2.75) is 25.8 Å². The Kier molecular flexibility index (Phi) is 5.29. The van der Waals surface area contributed by atoms with Gasteiger partial charge in [-0.15, -0.1) is 0 Å². The molecule has 0 atom stereocenters. The van der Waals surface area contributed by atoms with Crippen LogP contribution in [-0.4, -0.2) is 35.5 Å². The predicted molar refractivity (Wildman–Crippen MR) is 101 cm³/mol. The maximum atomic E-state index is 12.6. The lowest BCUT2D eigenvalue weighted by Gasteiger charge is -2.29. The van der Waals surface area contributed by atoms with Crippen LogP contribution in [0.3, 0.4) is 0 Å². The molecule has 2 heterocycles. The average Bonchev–Trinajstić information content (AvgIpc) is 2.94. The number of hydrogen-bond donors (Lipinski definition) is 0. The molecule has 0 saturated carbocycles. The Labute approximate surface area is 152 Å². The first-order valence-electron chi connectivity index (χ1n) is 8.46. The Bertz CT molecular complexity index is 702. The Morgan fingerprint density at radius 3 is 2.42 bits per heavy atom. The summed E-state index contributed by atoms with van der Waals surface area (Å²) in [4.78, 5) is 16.8. The first-order valence-corrected chi connectivity index (χ1v) is 9.25. The normalized spacial score (nSPS) is 14.7. The number of piperidine rings is 1. The fourth-order valence-electron chi connectivity index (χ4n) is 3.24. The van der Waals surface area contributed by atoms with E-state index in [9.17, 15) is 4.79 Å². The molecule has 1 fully saturated rings. The number of nitrogens with zero attached hydrogens (tertiary/aromatic N) is 3. The van der Waals surface area contributed by atoms with Crippen LogP contribution in [0.15, 0.2) is 41.0 Å². The molecule has 1 aliphatic rings. The minimum absolute atomic E-state index is 0.0308. The maximum Gasteiger partial charge on any atom is 0.270 e. The van der Waals surface area contributed by atoms with E-state index in [2.05, 4.69) is 45.1 Å². The number of rotatable bonds is 4. The molecule has 1 aromatic carbocycles. The second-order valence-corrected chi connectivity index (χ2v) is 7.45. The monoisotopic (exact) mass is 389 g/mol. The first-order chi connectivity index (χ1) is 11.5. The summed E-state index contributed by atoms with van der Waals surface area (Å²) in [5, 5.41) is 0. The molecule has 2 aromatic rings. The summed E-state index contributed by atoms with van der Waals surface area (Å²) in [6.07, 6.45) is 5.81. The van der Waals surface area contributed by atoms with E-state index in [1.165, 1.54) is 24.9 Å². The third-order valence-corrected chi connectivity index (χ3v) is 5.05. The van der Waals surface area contributed by atoms with E-state index in [1.807, 2.05) is 30.9 Å². The highest BCUT2D eigenvalue weighted by atomic mass is 79.9. The molecule has 0 unspecified atom stereocenters. The van der Waals surface area contributed by atoms with Crippen LogP contribution in [0.4, 0.5) is 5.69 Å². The van der Waals surface area contributed by atoms with Crippen molar-refractivity contribution in [1.29, 1.82) is 0 Å². The number of aryl methyl sites for hydroxylation is 1. The molecule has 0 radical (unpaired) electrons. The summed E-state index contributed by atoms with van der Waals surface area (Å²) in [5.74, 6) is 0.0308. The summed E-state index contributed by atoms with van der Waals surface area (Å²) in [6, 6.07) is 10.5. The van der Waals surface area contributed by atoms with Crippen LogP contribution in [0.25, 0.3) is 0 Å². The smallest absolute Gasteiger partial charge is 0.270 e. The summed E-state index contributed by atoms with van der Waals surface area (Å²) < 4.78 is 2.77. The van der Waals surface area contributed by atoms with Crippen LogP contribution in [0.2, 0.25) is 0 Å². The van der Waals surface area contributed by atoms with Crippen molar-refractivity contribution in [3.05, 3.63) is 52.3 Å². The lowest BCUT2D eigenvalue weighted by atomic mass is 10.1. The summed E-state index contributed by atoms with van der Waals surface area (Å²) >= 11 is 3.42. The zero-order chi connectivity index (χ0) is 17.1. The van der Waals surface area contributed by atoms with Crippen molar-refractivity contribution < 1.29 is 4.79 Å². The molecular formula is C19H24BrN3O. The quantitative estimate of drug-likeness (QED) is 0.788. The summed E-state index contributed by atoms with van der Waals surface area (Å²) in [7, 11) is 3.74. The van der Waals surface area contributed by atoms with Crippen LogP contribution in [0.5, 0.6) is 0 Å². The highest BCUT2D eigenvalue weighted by Crippen LogP contribution is 2.21. The van der Waals surface area contributed by atoms with Crippen molar-refractivity contribution in [3.8, 4) is 0 Å². The van der Waals surface area contributed by atoms with E-state index < -0.39 is 0 Å². The van der Waals surface area contributed by atoms with Crippen LogP contribution in [-0.2, 0) is 13.6 Å². The number of hydrogen-bond acceptors (Lipinski definition) is 2. The van der Waals surface area contributed by atoms with Gasteiger partial charge in [0.25, 0.3) is 5.91 Å². The molecule has 0 aliphatic carbocycles. The number of aromatic nitrogens is 1. The molecule has 0 N–H and O–H groups in total. The van der Waals surface area contributed by atoms with Gasteiger partial charge >= 0.3 is 0 Å². The van der Waals surface area contributed by atoms with E-state index in [1.54, 1.807) is 4.90 Å². The van der Waals surface area contributed by atoms with Crippen molar-refractivity contribution >= 4 is 27.5 Å². The first kappa shape index (κ1) is 17.1. The average molecular weight is 390 g/mol. The van der Waals surface area contributed by atoms with Crippen LogP contribution < -0.4 is 4.90 Å². The van der Waals surface area contributed by atoms with Gasteiger partial charge in [0.15, 0.2) is 0 Å². The fourth-order valence-corrected chi connectivity index (χ4v) is 3.77. The predicted octanol–water partition coefficient (Wildman–Crippen LogP) is 4.05. The third kappa shape index (κ3) is 3.83. The molecule has 128 valence electrons. The van der Waals surface area contributed by atoms with E-state index in [0.29, 0.717) is 12.2 Å². The molecule has 0 bridgehead atoms. The van der Waals surface area contributed by atoms with Gasteiger partial charge in [0, 0.05) is 50.1 Å². The van der Waals surface area contributed by atoms with Gasteiger partial charge in [0.2, 0.25) is 0 Å². The second kappa shape index (κ2) is 7.43. The summed E-state index contributed by atoms with van der Waals surface area (Å²) in [5.41, 5.74) is 3.13. The van der Waals surface area contributed by atoms with Gasteiger partial charge in [-0.25, -0.2) is 0 Å². The number of anilines is 1. The standard InChI is InChI=1S/C19H24BrN3O/c1-21-14-16(20)12-18(21)19(24)22(2)13-15-6-8-17(9-7-15)23-10-4-3-5-11-23/h6-9,12,14H,3-5,10-11,13H2,1-2H3. The van der Waals surface area contributed by atoms with Gasteiger partial charge in [-0.05, 0) is 59.0 Å². The van der Waals surface area contributed by atoms with Gasteiger partial charge in [-0.2, -0.15) is 0 Å². The maximum absolute atomic E-state index is 12.6. The van der Waals surface area contributed by atoms with Gasteiger partial charge in [0.1, 0.15) is 5.69 Å². The fraction of sp³-hybridized carbons (Fsp3) is 0.421. The van der Waals surface area contributed by atoms with Gasteiger partial charge < -0.3 is 14.4 Å². The van der Waals surface area contributed by atoms with Crippen molar-refractivity contribution in [3.63, 3.8) is 0 Å². The molecule has 24 heavy (non-hydrogen) atoms. The number of carbonyl (C=O) groups excluding carboxylic acids is 1. The number of benzene rings is 1. The highest BCUT2D eigenvalue weighted by Gasteiger charge is 2.16. The molecule has 3 rings (SSSR count). The van der Waals surface area contributed by atoms with Crippen LogP contribution >= 0.6 is 15.9 Å². The van der Waals surface area contributed by atoms with E-state index in [0.717, 1.165) is 23.1 Å². The zero-order valence-electron chi connectivity index (χ0n) is 14.3. The lowest BCUT2D eigenvalue weighted by molar-refractivity contribution is 0.0775. The van der Waals surface area contributed by atoms with Gasteiger partial charge in [-0.3, -0.25) is 4.79 Å². The number of halogens is 1. The van der Waals surface area contributed by atoms with Crippen molar-refractivity contribution in [1.82, 2.24) is 9.47 Å². The number of carbonyl (C=O) groups is 1. The Balaban J connectivity index is 1.64. The summed E-state index contributed by atoms with van der Waals surface area (Å²) in [6.45, 7) is 2.92. The van der Waals surface area contributed by atoms with Crippen LogP contribution in [0.1, 0.15) is 35.3 Å². The van der Waals surface area contributed by atoms with Gasteiger partial charge in [0.05, 0.1) is 0 Å². The van der Waals surface area contributed by atoms with E-state index in [-0.39, 0.29) is 5.91 Å². The third-order valence-electron chi connectivity index (χ3n) is 4.61. The van der Waals surface area contributed by atoms with Gasteiger partial charge in [-0.1, -0.05) is 12.1 Å². The van der Waals surface area contributed by atoms with E-state index >= 15 is 0 Å². The number of amides is 1. The van der Waals surface area contributed by atoms with E-state index in [4.69, 9.17) is 0 Å². The molecular weight excluding hydrogens is 366 g/mol. The minimum atomic E-state index is 0.0308. The van der Waals surface area contributed by atoms with Crippen molar-refractivity contribution in [2.24, 2.45) is 7.05 Å². The minimum Gasteiger partial charge on any atom is -0.372 e. The van der Waals surface area contributed by atoms with Crippen LogP contribution in [0, 0.1) is 0 Å². The molecule has 4 nitrogen and oxygen atoms in total. The Morgan fingerprint density at radius 1 is 1.17 bits per heavy atom. The zero-order valence-corrected chi connectivity index (χ0v) is 15.9. The topological polar surface area (TPSA) is 28.5 Å². The Hall–Kier alpha value is -1.75. The van der Waals surface area contributed by atoms with Crippen molar-refractivity contribution in [2.75, 3.05) is 25.0 Å². The molecule has 1 aliphatic heterocycles. The second-order valence-electron chi connectivity index (χ2n) is 6.53. The molecule has 1 saturated heterocycles. The molecule has 1 aromatic heterocycles. The molecule has 1 amide bonds. The lowest BCUT2D eigenvalue weighted by Crippen LogP contribution is -2.29. The molecule has 0 spiro atoms. The SMILES string of the molecule is CN(Cc1ccc(N2CCCCC2)cc1)C(=O)c1cc(Br)cn1C. The Morgan fingerprint density at radius 2 is 1.83 bits per heavy atom. The largest absolute Gasteiger partial charge is 0.372 e.